The molecule has 0 rings (SSSR count). The minimum Gasteiger partial charge on any atom is -0.417 e. The van der Waals surface area contributed by atoms with Gasteiger partial charge in [0.05, 0.1) is 0 Å². The molecule has 116 valence electrons. The molecule has 0 spiro atoms. The van der Waals surface area contributed by atoms with Gasteiger partial charge in [0.25, 0.3) is 0 Å². The Morgan fingerprint density at radius 3 is 1.84 bits per heavy atom. The lowest BCUT2D eigenvalue weighted by molar-refractivity contribution is 0.187. The van der Waals surface area contributed by atoms with E-state index in [1.54, 1.807) is 0 Å². The third-order valence-corrected chi connectivity index (χ3v) is 8.96. The summed E-state index contributed by atoms with van der Waals surface area (Å²) < 4.78 is 6.28. The minimum atomic E-state index is -1.60. The van der Waals surface area contributed by atoms with Gasteiger partial charge in [-0.2, -0.15) is 0 Å². The van der Waals surface area contributed by atoms with E-state index in [1.807, 2.05) is 0 Å². The standard InChI is InChI=1S/C16H36O2Si/c1-13(9-14(2)11-17)10-15(3)12-18-19(7,8)16(4,5)6/h13-15,17H,9-12H2,1-8H3/t13-,14-,15-/m0/s1. The van der Waals surface area contributed by atoms with Gasteiger partial charge < -0.3 is 9.53 Å². The third kappa shape index (κ3) is 7.47. The van der Waals surface area contributed by atoms with Crippen molar-refractivity contribution in [3.8, 4) is 0 Å². The Morgan fingerprint density at radius 2 is 1.42 bits per heavy atom. The molecule has 0 saturated heterocycles. The summed E-state index contributed by atoms with van der Waals surface area (Å²) >= 11 is 0. The van der Waals surface area contributed by atoms with Crippen LogP contribution in [0.3, 0.4) is 0 Å². The van der Waals surface area contributed by atoms with E-state index in [9.17, 15) is 0 Å². The van der Waals surface area contributed by atoms with E-state index in [4.69, 9.17) is 9.53 Å². The molecule has 0 unspecified atom stereocenters. The first-order valence-corrected chi connectivity index (χ1v) is 10.6. The molecule has 0 heterocycles. The van der Waals surface area contributed by atoms with Crippen LogP contribution in [0.15, 0.2) is 0 Å². The predicted molar refractivity (Wildman–Crippen MR) is 87.0 cm³/mol. The Labute approximate surface area is 122 Å². The van der Waals surface area contributed by atoms with Crippen molar-refractivity contribution >= 4 is 8.32 Å². The van der Waals surface area contributed by atoms with Gasteiger partial charge in [-0.05, 0) is 48.7 Å². The summed E-state index contributed by atoms with van der Waals surface area (Å²) in [6.45, 7) is 19.4. The molecule has 0 amide bonds. The van der Waals surface area contributed by atoms with Gasteiger partial charge in [0.2, 0.25) is 0 Å². The fourth-order valence-electron chi connectivity index (χ4n) is 2.18. The zero-order valence-electron chi connectivity index (χ0n) is 14.4. The molecule has 0 fully saturated rings. The second-order valence-electron chi connectivity index (χ2n) is 8.04. The van der Waals surface area contributed by atoms with Crippen LogP contribution in [0.2, 0.25) is 18.1 Å². The van der Waals surface area contributed by atoms with Gasteiger partial charge >= 0.3 is 0 Å². The summed E-state index contributed by atoms with van der Waals surface area (Å²) in [6.07, 6.45) is 2.31. The second kappa shape index (κ2) is 7.80. The molecule has 0 bridgehead atoms. The van der Waals surface area contributed by atoms with Crippen molar-refractivity contribution in [3.63, 3.8) is 0 Å². The Bertz CT molecular complexity index is 246. The van der Waals surface area contributed by atoms with Crippen LogP contribution < -0.4 is 0 Å². The summed E-state index contributed by atoms with van der Waals surface area (Å²) in [7, 11) is -1.60. The minimum absolute atomic E-state index is 0.295. The second-order valence-corrected chi connectivity index (χ2v) is 12.9. The first-order chi connectivity index (χ1) is 8.49. The predicted octanol–water partition coefficient (Wildman–Crippen LogP) is 4.69. The quantitative estimate of drug-likeness (QED) is 0.657. The fraction of sp³-hybridized carbons (Fsp3) is 1.00. The van der Waals surface area contributed by atoms with Gasteiger partial charge in [0, 0.05) is 13.2 Å². The van der Waals surface area contributed by atoms with Crippen LogP contribution in [0.25, 0.3) is 0 Å². The average Bonchev–Trinajstić information content (AvgIpc) is 2.24. The number of hydrogen-bond donors (Lipinski definition) is 1. The first-order valence-electron chi connectivity index (χ1n) is 7.74. The lowest BCUT2D eigenvalue weighted by atomic mass is 9.90. The van der Waals surface area contributed by atoms with E-state index in [-0.39, 0.29) is 0 Å². The van der Waals surface area contributed by atoms with Crippen LogP contribution in [0.5, 0.6) is 0 Å². The van der Waals surface area contributed by atoms with Crippen LogP contribution in [-0.4, -0.2) is 26.6 Å². The molecule has 2 nitrogen and oxygen atoms in total. The first kappa shape index (κ1) is 19.1. The van der Waals surface area contributed by atoms with Crippen molar-refractivity contribution in [1.82, 2.24) is 0 Å². The highest BCUT2D eigenvalue weighted by atomic mass is 28.4. The lowest BCUT2D eigenvalue weighted by Crippen LogP contribution is -2.41. The van der Waals surface area contributed by atoms with E-state index in [0.717, 1.165) is 13.0 Å². The monoisotopic (exact) mass is 288 g/mol. The molecule has 3 heteroatoms. The van der Waals surface area contributed by atoms with Gasteiger partial charge in [-0.1, -0.05) is 41.5 Å². The number of rotatable bonds is 8. The Balaban J connectivity index is 4.09. The molecule has 0 aromatic rings. The van der Waals surface area contributed by atoms with Crippen LogP contribution in [-0.2, 0) is 4.43 Å². The Kier molecular flexibility index (Phi) is 7.85. The average molecular weight is 289 g/mol. The largest absolute Gasteiger partial charge is 0.417 e. The van der Waals surface area contributed by atoms with Gasteiger partial charge in [0.15, 0.2) is 8.32 Å². The molecular weight excluding hydrogens is 252 g/mol. The van der Waals surface area contributed by atoms with Crippen LogP contribution in [0.4, 0.5) is 0 Å². The molecule has 0 aliphatic carbocycles. The number of aliphatic hydroxyl groups excluding tert-OH is 1. The van der Waals surface area contributed by atoms with Crippen LogP contribution >= 0.6 is 0 Å². The Hall–Kier alpha value is 0.137. The third-order valence-electron chi connectivity index (χ3n) is 4.46. The molecule has 0 aliphatic rings. The normalized spacial score (nSPS) is 18.2. The molecular formula is C16H36O2Si. The van der Waals surface area contributed by atoms with Gasteiger partial charge in [-0.25, -0.2) is 0 Å². The van der Waals surface area contributed by atoms with Crippen molar-refractivity contribution < 1.29 is 9.53 Å². The summed E-state index contributed by atoms with van der Waals surface area (Å²) in [5.41, 5.74) is 0. The number of hydrogen-bond acceptors (Lipinski definition) is 2. The van der Waals surface area contributed by atoms with Crippen molar-refractivity contribution in [2.45, 2.75) is 72.5 Å². The lowest BCUT2D eigenvalue weighted by Gasteiger charge is -2.37. The zero-order valence-corrected chi connectivity index (χ0v) is 15.4. The summed E-state index contributed by atoms with van der Waals surface area (Å²) in [4.78, 5) is 0. The van der Waals surface area contributed by atoms with Crippen LogP contribution in [0.1, 0.15) is 54.4 Å². The molecule has 19 heavy (non-hydrogen) atoms. The highest BCUT2D eigenvalue weighted by Gasteiger charge is 2.37. The maximum atomic E-state index is 9.10. The van der Waals surface area contributed by atoms with E-state index in [0.29, 0.717) is 29.4 Å². The Morgan fingerprint density at radius 1 is 0.947 bits per heavy atom. The molecule has 1 N–H and O–H groups in total. The number of aliphatic hydroxyl groups is 1. The maximum Gasteiger partial charge on any atom is 0.191 e. The molecule has 3 atom stereocenters. The van der Waals surface area contributed by atoms with Crippen molar-refractivity contribution in [2.24, 2.45) is 17.8 Å². The molecule has 0 aliphatic heterocycles. The van der Waals surface area contributed by atoms with E-state index < -0.39 is 8.32 Å². The fourth-order valence-corrected chi connectivity index (χ4v) is 3.31. The highest BCUT2D eigenvalue weighted by Crippen LogP contribution is 2.37. The molecule has 0 aromatic carbocycles. The molecule has 0 saturated carbocycles. The smallest absolute Gasteiger partial charge is 0.191 e. The summed E-state index contributed by atoms with van der Waals surface area (Å²) in [5.74, 6) is 1.69. The summed E-state index contributed by atoms with van der Waals surface area (Å²) in [5, 5.41) is 9.39. The van der Waals surface area contributed by atoms with Crippen molar-refractivity contribution in [2.75, 3.05) is 13.2 Å². The van der Waals surface area contributed by atoms with Gasteiger partial charge in [0.1, 0.15) is 0 Å². The van der Waals surface area contributed by atoms with Crippen molar-refractivity contribution in [1.29, 1.82) is 0 Å². The molecule has 0 aromatic heterocycles. The highest BCUT2D eigenvalue weighted by molar-refractivity contribution is 6.74. The van der Waals surface area contributed by atoms with Crippen molar-refractivity contribution in [3.05, 3.63) is 0 Å². The maximum absolute atomic E-state index is 9.10. The molecule has 0 radical (unpaired) electrons. The van der Waals surface area contributed by atoms with E-state index in [2.05, 4.69) is 54.6 Å². The van der Waals surface area contributed by atoms with E-state index in [1.165, 1.54) is 6.42 Å². The SMILES string of the molecule is C[C@@H](C[C@H](C)CO)C[C@H](C)CO[Si](C)(C)C(C)(C)C. The van der Waals surface area contributed by atoms with Gasteiger partial charge in [-0.15, -0.1) is 0 Å². The summed E-state index contributed by atoms with van der Waals surface area (Å²) in [6, 6.07) is 0. The van der Waals surface area contributed by atoms with E-state index >= 15 is 0 Å². The van der Waals surface area contributed by atoms with Gasteiger partial charge in [-0.3, -0.25) is 0 Å². The zero-order chi connectivity index (χ0) is 15.3. The van der Waals surface area contributed by atoms with Crippen LogP contribution in [0, 0.1) is 17.8 Å². The topological polar surface area (TPSA) is 29.5 Å².